The second-order valence-electron chi connectivity index (χ2n) is 6.74. The van der Waals surface area contributed by atoms with Crippen LogP contribution in [0.1, 0.15) is 60.3 Å². The lowest BCUT2D eigenvalue weighted by atomic mass is 10.0. The van der Waals surface area contributed by atoms with Crippen LogP contribution in [0.2, 0.25) is 0 Å². The van der Waals surface area contributed by atoms with Crippen LogP contribution in [0.4, 0.5) is 0 Å². The lowest BCUT2D eigenvalue weighted by Gasteiger charge is -2.18. The Labute approximate surface area is 144 Å². The van der Waals surface area contributed by atoms with Gasteiger partial charge in [0.05, 0.1) is 17.7 Å². The van der Waals surface area contributed by atoms with Crippen molar-refractivity contribution < 1.29 is 9.53 Å². The van der Waals surface area contributed by atoms with Crippen molar-refractivity contribution in [3.63, 3.8) is 0 Å². The number of rotatable bonds is 5. The molecule has 0 saturated carbocycles. The Hall–Kier alpha value is -2.29. The summed E-state index contributed by atoms with van der Waals surface area (Å²) in [6.45, 7) is 5.95. The molecule has 0 aliphatic heterocycles. The van der Waals surface area contributed by atoms with Gasteiger partial charge in [0.25, 0.3) is 5.91 Å². The van der Waals surface area contributed by atoms with Crippen molar-refractivity contribution in [2.45, 2.75) is 52.2 Å². The maximum atomic E-state index is 12.7. The molecular weight excluding hydrogens is 298 g/mol. The molecule has 3 nitrogen and oxygen atoms in total. The van der Waals surface area contributed by atoms with Crippen LogP contribution in [0.3, 0.4) is 0 Å². The molecule has 0 heterocycles. The molecule has 0 aromatic heterocycles. The number of hydrogen-bond acceptors (Lipinski definition) is 2. The van der Waals surface area contributed by atoms with Gasteiger partial charge in [-0.2, -0.15) is 0 Å². The highest BCUT2D eigenvalue weighted by Crippen LogP contribution is 2.26. The van der Waals surface area contributed by atoms with Crippen LogP contribution in [0.25, 0.3) is 0 Å². The van der Waals surface area contributed by atoms with Crippen LogP contribution in [0.5, 0.6) is 5.75 Å². The predicted molar refractivity (Wildman–Crippen MR) is 96.6 cm³/mol. The second kappa shape index (κ2) is 7.08. The van der Waals surface area contributed by atoms with Crippen LogP contribution in [-0.2, 0) is 12.8 Å². The largest absolute Gasteiger partial charge is 0.490 e. The van der Waals surface area contributed by atoms with Crippen molar-refractivity contribution in [3.8, 4) is 5.75 Å². The lowest BCUT2D eigenvalue weighted by Crippen LogP contribution is -2.27. The average molecular weight is 323 g/mol. The van der Waals surface area contributed by atoms with Gasteiger partial charge < -0.3 is 10.1 Å². The van der Waals surface area contributed by atoms with E-state index in [4.69, 9.17) is 4.74 Å². The van der Waals surface area contributed by atoms with Gasteiger partial charge in [-0.15, -0.1) is 0 Å². The van der Waals surface area contributed by atoms with E-state index in [0.717, 1.165) is 12.0 Å². The smallest absolute Gasteiger partial charge is 0.255 e. The van der Waals surface area contributed by atoms with Gasteiger partial charge in [-0.25, -0.2) is 0 Å². The first-order chi connectivity index (χ1) is 11.5. The van der Waals surface area contributed by atoms with Gasteiger partial charge in [-0.3, -0.25) is 4.79 Å². The number of ether oxygens (including phenoxy) is 1. The van der Waals surface area contributed by atoms with Crippen LogP contribution in [0.15, 0.2) is 42.5 Å². The Kier molecular flexibility index (Phi) is 4.89. The number of aryl methyl sites for hydroxylation is 2. The summed E-state index contributed by atoms with van der Waals surface area (Å²) in [7, 11) is 0. The molecule has 0 spiro atoms. The van der Waals surface area contributed by atoms with Crippen molar-refractivity contribution >= 4 is 5.91 Å². The first-order valence-electron chi connectivity index (χ1n) is 8.73. The number of carbonyl (C=O) groups excluding carboxylic acids is 1. The van der Waals surface area contributed by atoms with Gasteiger partial charge in [0.1, 0.15) is 5.75 Å². The van der Waals surface area contributed by atoms with E-state index < -0.39 is 0 Å². The van der Waals surface area contributed by atoms with E-state index in [1.807, 2.05) is 45.0 Å². The maximum absolute atomic E-state index is 12.7. The van der Waals surface area contributed by atoms with Crippen molar-refractivity contribution in [2.24, 2.45) is 0 Å². The highest BCUT2D eigenvalue weighted by atomic mass is 16.5. The number of para-hydroxylation sites is 1. The predicted octanol–water partition coefficient (Wildman–Crippen LogP) is 4.45. The molecule has 1 aliphatic rings. The highest BCUT2D eigenvalue weighted by Gasteiger charge is 2.18. The van der Waals surface area contributed by atoms with Gasteiger partial charge in [-0.05, 0) is 68.9 Å². The molecule has 0 saturated heterocycles. The van der Waals surface area contributed by atoms with Gasteiger partial charge in [-0.1, -0.05) is 30.3 Å². The van der Waals surface area contributed by atoms with Gasteiger partial charge in [0.15, 0.2) is 0 Å². The highest BCUT2D eigenvalue weighted by molar-refractivity contribution is 5.97. The fourth-order valence-corrected chi connectivity index (χ4v) is 3.23. The number of nitrogens with one attached hydrogen (secondary N) is 1. The lowest BCUT2D eigenvalue weighted by molar-refractivity contribution is 0.0934. The molecule has 0 radical (unpaired) electrons. The SMILES string of the molecule is CC(C)Oc1ccccc1C(=O)N[C@@H](C)c1ccc2c(c1)CCC2. The normalized spacial score (nSPS) is 14.3. The summed E-state index contributed by atoms with van der Waals surface area (Å²) in [6.07, 6.45) is 3.60. The zero-order chi connectivity index (χ0) is 17.1. The van der Waals surface area contributed by atoms with Crippen molar-refractivity contribution in [2.75, 3.05) is 0 Å². The Morgan fingerprint density at radius 1 is 1.04 bits per heavy atom. The summed E-state index contributed by atoms with van der Waals surface area (Å²) in [5, 5.41) is 3.10. The Morgan fingerprint density at radius 3 is 2.58 bits per heavy atom. The molecule has 126 valence electrons. The molecule has 1 N–H and O–H groups in total. The molecule has 1 amide bonds. The molecule has 0 unspecified atom stereocenters. The number of benzene rings is 2. The summed E-state index contributed by atoms with van der Waals surface area (Å²) < 4.78 is 5.75. The summed E-state index contributed by atoms with van der Waals surface area (Å²) in [5.41, 5.74) is 4.62. The third-order valence-corrected chi connectivity index (χ3v) is 4.46. The molecule has 1 atom stereocenters. The standard InChI is InChI=1S/C21H25NO2/c1-14(2)24-20-10-5-4-9-19(20)21(23)22-15(3)17-12-11-16-7-6-8-18(16)13-17/h4-5,9-15H,6-8H2,1-3H3,(H,22,23)/t15-/m0/s1. The molecule has 0 bridgehead atoms. The van der Waals surface area contributed by atoms with E-state index in [0.29, 0.717) is 11.3 Å². The number of fused-ring (bicyclic) bond motifs is 1. The van der Waals surface area contributed by atoms with E-state index in [9.17, 15) is 4.79 Å². The Morgan fingerprint density at radius 2 is 1.79 bits per heavy atom. The molecule has 2 aromatic carbocycles. The second-order valence-corrected chi connectivity index (χ2v) is 6.74. The van der Waals surface area contributed by atoms with Crippen molar-refractivity contribution in [1.29, 1.82) is 0 Å². The monoisotopic (exact) mass is 323 g/mol. The molecule has 24 heavy (non-hydrogen) atoms. The van der Waals surface area contributed by atoms with Crippen LogP contribution in [0, 0.1) is 0 Å². The minimum Gasteiger partial charge on any atom is -0.490 e. The topological polar surface area (TPSA) is 38.3 Å². The van der Waals surface area contributed by atoms with Crippen molar-refractivity contribution in [1.82, 2.24) is 5.32 Å². The molecule has 3 heteroatoms. The number of hydrogen-bond donors (Lipinski definition) is 1. The Bertz CT molecular complexity index is 736. The summed E-state index contributed by atoms with van der Waals surface area (Å²) in [5.74, 6) is 0.533. The van der Waals surface area contributed by atoms with Crippen LogP contribution in [-0.4, -0.2) is 12.0 Å². The number of carbonyl (C=O) groups is 1. The summed E-state index contributed by atoms with van der Waals surface area (Å²) >= 11 is 0. The summed E-state index contributed by atoms with van der Waals surface area (Å²) in [4.78, 5) is 12.7. The van der Waals surface area contributed by atoms with E-state index in [-0.39, 0.29) is 18.1 Å². The summed E-state index contributed by atoms with van der Waals surface area (Å²) in [6, 6.07) is 13.9. The quantitative estimate of drug-likeness (QED) is 0.882. The minimum absolute atomic E-state index is 0.0319. The van der Waals surface area contributed by atoms with Gasteiger partial charge in [0, 0.05) is 0 Å². The minimum atomic E-state index is -0.0979. The van der Waals surface area contributed by atoms with Crippen LogP contribution >= 0.6 is 0 Å². The van der Waals surface area contributed by atoms with Gasteiger partial charge >= 0.3 is 0 Å². The molecule has 3 rings (SSSR count). The number of amides is 1. The molecule has 0 fully saturated rings. The first kappa shape index (κ1) is 16.6. The molecule has 1 aliphatic carbocycles. The maximum Gasteiger partial charge on any atom is 0.255 e. The van der Waals surface area contributed by atoms with E-state index in [1.165, 1.54) is 24.0 Å². The van der Waals surface area contributed by atoms with E-state index in [1.54, 1.807) is 0 Å². The van der Waals surface area contributed by atoms with Gasteiger partial charge in [0.2, 0.25) is 0 Å². The van der Waals surface area contributed by atoms with E-state index in [2.05, 4.69) is 23.5 Å². The average Bonchev–Trinajstić information content (AvgIpc) is 3.02. The fourth-order valence-electron chi connectivity index (χ4n) is 3.23. The third-order valence-electron chi connectivity index (χ3n) is 4.46. The fraction of sp³-hybridized carbons (Fsp3) is 0.381. The van der Waals surface area contributed by atoms with Crippen LogP contribution < -0.4 is 10.1 Å². The van der Waals surface area contributed by atoms with E-state index >= 15 is 0 Å². The zero-order valence-corrected chi connectivity index (χ0v) is 14.6. The van der Waals surface area contributed by atoms with Crippen molar-refractivity contribution in [3.05, 3.63) is 64.7 Å². The molecular formula is C21H25NO2. The first-order valence-corrected chi connectivity index (χ1v) is 8.73. The third kappa shape index (κ3) is 3.61. The molecule has 2 aromatic rings. The zero-order valence-electron chi connectivity index (χ0n) is 14.6. The Balaban J connectivity index is 1.75.